The zero-order chi connectivity index (χ0) is 27.5. The quantitative estimate of drug-likeness (QED) is 0.475. The Morgan fingerprint density at radius 2 is 1.68 bits per heavy atom. The first kappa shape index (κ1) is 29.0. The third-order valence-electron chi connectivity index (χ3n) is 7.48. The standard InChI is InChI=1S/C30H47N3O4/c1-18(2)25(32-29(36)37-30(6,7)8)28(35)33(24-17-21(24)5)26(23-15-14-19(3)16-20(23)4)27(34)31-22-12-10-9-11-13-22/h14-16,18,21-22,24-26H,9-13,17H2,1-8H3,(H,31,34)(H,32,36). The minimum absolute atomic E-state index is 0.0583. The Bertz CT molecular complexity index is 978. The summed E-state index contributed by atoms with van der Waals surface area (Å²) >= 11 is 0. The number of benzene rings is 1. The number of hydrogen-bond donors (Lipinski definition) is 2. The molecule has 2 fully saturated rings. The average Bonchev–Trinajstić information content (AvgIpc) is 3.51. The molecule has 2 aliphatic carbocycles. The number of amides is 3. The highest BCUT2D eigenvalue weighted by molar-refractivity contribution is 5.93. The van der Waals surface area contributed by atoms with Gasteiger partial charge in [-0.3, -0.25) is 9.59 Å². The molecule has 0 saturated heterocycles. The van der Waals surface area contributed by atoms with Crippen molar-refractivity contribution < 1.29 is 19.1 Å². The van der Waals surface area contributed by atoms with Crippen LogP contribution in [-0.4, -0.2) is 46.5 Å². The van der Waals surface area contributed by atoms with Crippen LogP contribution in [0.2, 0.25) is 0 Å². The zero-order valence-corrected chi connectivity index (χ0v) is 24.0. The van der Waals surface area contributed by atoms with E-state index in [1.165, 1.54) is 6.42 Å². The van der Waals surface area contributed by atoms with Gasteiger partial charge in [-0.1, -0.05) is 63.8 Å². The van der Waals surface area contributed by atoms with Gasteiger partial charge in [-0.2, -0.15) is 0 Å². The Balaban J connectivity index is 1.99. The highest BCUT2D eigenvalue weighted by Crippen LogP contribution is 2.42. The largest absolute Gasteiger partial charge is 0.444 e. The maximum atomic E-state index is 14.3. The van der Waals surface area contributed by atoms with Gasteiger partial charge >= 0.3 is 6.09 Å². The molecule has 0 heterocycles. The van der Waals surface area contributed by atoms with Gasteiger partial charge in [-0.15, -0.1) is 0 Å². The van der Waals surface area contributed by atoms with Crippen LogP contribution in [0.1, 0.15) is 103 Å². The second-order valence-electron chi connectivity index (χ2n) is 12.5. The fraction of sp³-hybridized carbons (Fsp3) is 0.700. The minimum atomic E-state index is -0.807. The number of nitrogens with one attached hydrogen (secondary N) is 2. The van der Waals surface area contributed by atoms with E-state index in [9.17, 15) is 14.4 Å². The zero-order valence-electron chi connectivity index (χ0n) is 24.0. The topological polar surface area (TPSA) is 87.7 Å². The first-order chi connectivity index (χ1) is 17.3. The number of alkyl carbamates (subject to hydrolysis) is 1. The summed E-state index contributed by atoms with van der Waals surface area (Å²) in [5.74, 6) is -0.267. The van der Waals surface area contributed by atoms with Crippen LogP contribution in [0.4, 0.5) is 4.79 Å². The smallest absolute Gasteiger partial charge is 0.408 e. The van der Waals surface area contributed by atoms with E-state index in [1.54, 1.807) is 25.7 Å². The Labute approximate surface area is 223 Å². The fourth-order valence-corrected chi connectivity index (χ4v) is 5.36. The lowest BCUT2D eigenvalue weighted by atomic mass is 9.92. The number of ether oxygens (including phenoxy) is 1. The molecule has 206 valence electrons. The monoisotopic (exact) mass is 513 g/mol. The van der Waals surface area contributed by atoms with E-state index in [0.29, 0.717) is 0 Å². The Morgan fingerprint density at radius 3 is 2.19 bits per heavy atom. The van der Waals surface area contributed by atoms with Crippen molar-refractivity contribution in [1.29, 1.82) is 0 Å². The van der Waals surface area contributed by atoms with E-state index in [2.05, 4.69) is 23.6 Å². The summed E-state index contributed by atoms with van der Waals surface area (Å²) in [5.41, 5.74) is 2.25. The molecule has 7 heteroatoms. The molecule has 0 bridgehead atoms. The third kappa shape index (κ3) is 7.71. The van der Waals surface area contributed by atoms with Crippen LogP contribution in [0.5, 0.6) is 0 Å². The molecule has 1 aromatic rings. The van der Waals surface area contributed by atoms with Crippen molar-refractivity contribution in [2.75, 3.05) is 0 Å². The van der Waals surface area contributed by atoms with E-state index >= 15 is 0 Å². The number of hydrogen-bond acceptors (Lipinski definition) is 4. The third-order valence-corrected chi connectivity index (χ3v) is 7.48. The molecular formula is C30H47N3O4. The van der Waals surface area contributed by atoms with Crippen LogP contribution in [-0.2, 0) is 14.3 Å². The molecule has 3 amide bonds. The van der Waals surface area contributed by atoms with Gasteiger partial charge in [0.15, 0.2) is 0 Å². The Morgan fingerprint density at radius 1 is 1.05 bits per heavy atom. The van der Waals surface area contributed by atoms with Gasteiger partial charge in [0.2, 0.25) is 11.8 Å². The van der Waals surface area contributed by atoms with Crippen molar-refractivity contribution in [1.82, 2.24) is 15.5 Å². The maximum absolute atomic E-state index is 14.3. The summed E-state index contributed by atoms with van der Waals surface area (Å²) in [6.45, 7) is 15.3. The van der Waals surface area contributed by atoms with Crippen LogP contribution in [0.15, 0.2) is 18.2 Å². The summed E-state index contributed by atoms with van der Waals surface area (Å²) < 4.78 is 5.47. The highest BCUT2D eigenvalue weighted by atomic mass is 16.6. The summed E-state index contributed by atoms with van der Waals surface area (Å²) in [4.78, 5) is 42.8. The molecule has 0 radical (unpaired) electrons. The molecule has 4 unspecified atom stereocenters. The second kappa shape index (κ2) is 11.9. The van der Waals surface area contributed by atoms with E-state index in [4.69, 9.17) is 4.74 Å². The lowest BCUT2D eigenvalue weighted by Crippen LogP contribution is -2.56. The average molecular weight is 514 g/mol. The Hall–Kier alpha value is -2.57. The van der Waals surface area contributed by atoms with E-state index in [1.807, 2.05) is 39.8 Å². The summed E-state index contributed by atoms with van der Waals surface area (Å²) in [6.07, 6.45) is 5.55. The maximum Gasteiger partial charge on any atom is 0.408 e. The first-order valence-electron chi connectivity index (χ1n) is 14.0. The molecule has 2 N–H and O–H groups in total. The number of rotatable bonds is 8. The molecule has 0 aromatic heterocycles. The Kier molecular flexibility index (Phi) is 9.30. The predicted molar refractivity (Wildman–Crippen MR) is 146 cm³/mol. The second-order valence-corrected chi connectivity index (χ2v) is 12.5. The lowest BCUT2D eigenvalue weighted by Gasteiger charge is -2.37. The molecular weight excluding hydrogens is 466 g/mol. The summed E-state index contributed by atoms with van der Waals surface area (Å²) in [7, 11) is 0. The fourth-order valence-electron chi connectivity index (χ4n) is 5.36. The van der Waals surface area contributed by atoms with Crippen LogP contribution in [0.3, 0.4) is 0 Å². The van der Waals surface area contributed by atoms with Crippen LogP contribution >= 0.6 is 0 Å². The first-order valence-corrected chi connectivity index (χ1v) is 14.0. The summed E-state index contributed by atoms with van der Waals surface area (Å²) in [5, 5.41) is 6.10. The van der Waals surface area contributed by atoms with Crippen molar-refractivity contribution in [3.63, 3.8) is 0 Å². The molecule has 7 nitrogen and oxygen atoms in total. The lowest BCUT2D eigenvalue weighted by molar-refractivity contribution is -0.144. The summed E-state index contributed by atoms with van der Waals surface area (Å²) in [6, 6.07) is 4.55. The van der Waals surface area contributed by atoms with Crippen molar-refractivity contribution in [2.24, 2.45) is 11.8 Å². The number of carbonyl (C=O) groups is 3. The predicted octanol–water partition coefficient (Wildman–Crippen LogP) is 5.58. The van der Waals surface area contributed by atoms with Gasteiger partial charge < -0.3 is 20.3 Å². The van der Waals surface area contributed by atoms with Crippen LogP contribution in [0, 0.1) is 25.7 Å². The molecule has 1 aromatic carbocycles. The van der Waals surface area contributed by atoms with E-state index in [0.717, 1.165) is 48.8 Å². The van der Waals surface area contributed by atoms with E-state index in [-0.39, 0.29) is 35.7 Å². The minimum Gasteiger partial charge on any atom is -0.444 e. The van der Waals surface area contributed by atoms with Crippen LogP contribution < -0.4 is 10.6 Å². The molecule has 3 rings (SSSR count). The normalized spacial score (nSPS) is 21.6. The molecule has 0 spiro atoms. The molecule has 0 aliphatic heterocycles. The van der Waals surface area contributed by atoms with Crippen molar-refractivity contribution in [3.05, 3.63) is 34.9 Å². The van der Waals surface area contributed by atoms with Gasteiger partial charge in [0.05, 0.1) is 0 Å². The van der Waals surface area contributed by atoms with Crippen molar-refractivity contribution in [2.45, 2.75) is 124 Å². The molecule has 37 heavy (non-hydrogen) atoms. The van der Waals surface area contributed by atoms with Crippen molar-refractivity contribution in [3.8, 4) is 0 Å². The molecule has 2 aliphatic rings. The van der Waals surface area contributed by atoms with E-state index < -0.39 is 23.8 Å². The van der Waals surface area contributed by atoms with Crippen LogP contribution in [0.25, 0.3) is 0 Å². The number of aryl methyl sites for hydroxylation is 2. The number of nitrogens with zero attached hydrogens (tertiary/aromatic N) is 1. The van der Waals surface area contributed by atoms with Gasteiger partial charge in [-0.25, -0.2) is 4.79 Å². The molecule has 4 atom stereocenters. The SMILES string of the molecule is Cc1ccc(C(C(=O)NC2CCCCC2)N(C(=O)C(NC(=O)OC(C)(C)C)C(C)C)C2CC2C)c(C)c1. The highest BCUT2D eigenvalue weighted by Gasteiger charge is 2.49. The van der Waals surface area contributed by atoms with Gasteiger partial charge in [0.25, 0.3) is 0 Å². The van der Waals surface area contributed by atoms with Gasteiger partial charge in [0.1, 0.15) is 17.7 Å². The van der Waals surface area contributed by atoms with Gasteiger partial charge in [0, 0.05) is 12.1 Å². The van der Waals surface area contributed by atoms with Crippen molar-refractivity contribution >= 4 is 17.9 Å². The molecule has 2 saturated carbocycles. The van der Waals surface area contributed by atoms with Gasteiger partial charge in [-0.05, 0) is 76.8 Å². The number of carbonyl (C=O) groups excluding carboxylic acids is 3.